The fourth-order valence-corrected chi connectivity index (χ4v) is 3.65. The van der Waals surface area contributed by atoms with Gasteiger partial charge in [0.1, 0.15) is 5.69 Å². The van der Waals surface area contributed by atoms with E-state index in [1.807, 2.05) is 6.07 Å². The quantitative estimate of drug-likeness (QED) is 0.425. The van der Waals surface area contributed by atoms with Gasteiger partial charge in [-0.05, 0) is 61.4 Å². The molecule has 0 fully saturated rings. The number of carbonyl (C=O) groups is 2. The third-order valence-electron chi connectivity index (χ3n) is 5.38. The molecule has 0 unspecified atom stereocenters. The Morgan fingerprint density at radius 2 is 1.74 bits per heavy atom. The summed E-state index contributed by atoms with van der Waals surface area (Å²) in [6.07, 6.45) is 1.41. The van der Waals surface area contributed by atoms with E-state index in [1.165, 1.54) is 23.9 Å². The van der Waals surface area contributed by atoms with Crippen molar-refractivity contribution in [3.63, 3.8) is 0 Å². The number of H-pyrrole nitrogens is 1. The molecule has 4 aromatic rings. The van der Waals surface area contributed by atoms with Crippen LogP contribution in [-0.2, 0) is 0 Å². The van der Waals surface area contributed by atoms with Gasteiger partial charge in [-0.25, -0.2) is 9.78 Å². The lowest BCUT2D eigenvalue weighted by atomic mass is 10.0. The first-order valence-corrected chi connectivity index (χ1v) is 10.7. The molecule has 172 valence electrons. The molecule has 34 heavy (non-hydrogen) atoms. The molecule has 0 aliphatic heterocycles. The second-order valence-electron chi connectivity index (χ2n) is 8.01. The van der Waals surface area contributed by atoms with Crippen molar-refractivity contribution in [3.05, 3.63) is 92.9 Å². The lowest BCUT2D eigenvalue weighted by Gasteiger charge is -2.11. The maximum absolute atomic E-state index is 12.8. The average molecular weight is 457 g/mol. The van der Waals surface area contributed by atoms with E-state index >= 15 is 0 Å². The second-order valence-corrected chi connectivity index (χ2v) is 8.01. The van der Waals surface area contributed by atoms with E-state index in [2.05, 4.69) is 20.6 Å². The van der Waals surface area contributed by atoms with Crippen LogP contribution in [0, 0.1) is 0 Å². The highest BCUT2D eigenvalue weighted by atomic mass is 16.2. The first kappa shape index (κ1) is 22.7. The van der Waals surface area contributed by atoms with Gasteiger partial charge in [-0.15, -0.1) is 0 Å². The zero-order chi connectivity index (χ0) is 24.4. The van der Waals surface area contributed by atoms with Crippen LogP contribution < -0.4 is 21.9 Å². The molecule has 0 saturated carbocycles. The number of nitrogens with zero attached hydrogens (tertiary/aromatic N) is 2. The Labute approximate surface area is 194 Å². The third-order valence-corrected chi connectivity index (χ3v) is 5.38. The van der Waals surface area contributed by atoms with Gasteiger partial charge in [0, 0.05) is 18.7 Å². The number of fused-ring (bicyclic) bond motifs is 1. The van der Waals surface area contributed by atoms with Crippen LogP contribution in [0.4, 0.5) is 5.69 Å². The number of hydrogen-bond donors (Lipinski definition) is 3. The first-order chi connectivity index (χ1) is 16.3. The largest absolute Gasteiger partial charge is 0.354 e. The van der Waals surface area contributed by atoms with E-state index < -0.39 is 5.69 Å². The minimum absolute atomic E-state index is 0.247. The normalized spacial score (nSPS) is 10.9. The summed E-state index contributed by atoms with van der Waals surface area (Å²) in [6.45, 7) is 3.56. The maximum Gasteiger partial charge on any atom is 0.329 e. The molecule has 0 aliphatic rings. The van der Waals surface area contributed by atoms with E-state index in [9.17, 15) is 19.2 Å². The molecule has 0 saturated heterocycles. The summed E-state index contributed by atoms with van der Waals surface area (Å²) in [5.41, 5.74) is 2.23. The van der Waals surface area contributed by atoms with Gasteiger partial charge in [0.25, 0.3) is 17.4 Å². The predicted octanol–water partition coefficient (Wildman–Crippen LogP) is 2.94. The van der Waals surface area contributed by atoms with E-state index in [0.717, 1.165) is 11.1 Å². The predicted molar refractivity (Wildman–Crippen MR) is 130 cm³/mol. The summed E-state index contributed by atoms with van der Waals surface area (Å²) in [6, 6.07) is 15.0. The molecule has 2 aromatic carbocycles. The summed E-state index contributed by atoms with van der Waals surface area (Å²) in [4.78, 5) is 56.2. The Balaban J connectivity index is 1.62. The number of hydrogen-bond acceptors (Lipinski definition) is 5. The van der Waals surface area contributed by atoms with Gasteiger partial charge in [0.2, 0.25) is 0 Å². The van der Waals surface area contributed by atoms with Crippen molar-refractivity contribution >= 4 is 28.4 Å². The molecule has 9 nitrogen and oxygen atoms in total. The number of carbonyl (C=O) groups excluding carboxylic acids is 2. The molecule has 3 N–H and O–H groups in total. The van der Waals surface area contributed by atoms with Crippen molar-refractivity contribution in [1.29, 1.82) is 0 Å². The Morgan fingerprint density at radius 3 is 2.41 bits per heavy atom. The van der Waals surface area contributed by atoms with E-state index in [1.54, 1.807) is 56.3 Å². The number of nitrogens with one attached hydrogen (secondary N) is 3. The van der Waals surface area contributed by atoms with Gasteiger partial charge in [-0.1, -0.05) is 18.2 Å². The Hall–Kier alpha value is -4.53. The number of anilines is 1. The van der Waals surface area contributed by atoms with Gasteiger partial charge in [-0.3, -0.25) is 19.0 Å². The van der Waals surface area contributed by atoms with E-state index in [4.69, 9.17) is 0 Å². The van der Waals surface area contributed by atoms with Crippen molar-refractivity contribution in [1.82, 2.24) is 19.9 Å². The molecule has 0 radical (unpaired) electrons. The minimum Gasteiger partial charge on any atom is -0.354 e. The molecule has 2 amide bonds. The zero-order valence-corrected chi connectivity index (χ0v) is 18.9. The highest BCUT2D eigenvalue weighted by molar-refractivity contribution is 6.05. The van der Waals surface area contributed by atoms with Gasteiger partial charge in [-0.2, -0.15) is 0 Å². The highest BCUT2D eigenvalue weighted by Crippen LogP contribution is 2.23. The van der Waals surface area contributed by atoms with Crippen LogP contribution in [0.1, 0.15) is 40.7 Å². The van der Waals surface area contributed by atoms with Crippen LogP contribution in [0.2, 0.25) is 0 Å². The first-order valence-electron chi connectivity index (χ1n) is 10.7. The van der Waals surface area contributed by atoms with Crippen molar-refractivity contribution in [2.24, 2.45) is 0 Å². The van der Waals surface area contributed by atoms with Gasteiger partial charge in [0.15, 0.2) is 0 Å². The molecular weight excluding hydrogens is 434 g/mol. The van der Waals surface area contributed by atoms with Crippen LogP contribution in [0.15, 0.2) is 70.4 Å². The van der Waals surface area contributed by atoms with Crippen molar-refractivity contribution in [2.75, 3.05) is 12.4 Å². The molecule has 0 bridgehead atoms. The monoisotopic (exact) mass is 457 g/mol. The number of rotatable bonds is 5. The number of aromatic amines is 1. The lowest BCUT2D eigenvalue weighted by Crippen LogP contribution is -2.36. The van der Waals surface area contributed by atoms with E-state index in [0.29, 0.717) is 22.2 Å². The maximum atomic E-state index is 12.8. The topological polar surface area (TPSA) is 126 Å². The van der Waals surface area contributed by atoms with Gasteiger partial charge < -0.3 is 15.6 Å². The van der Waals surface area contributed by atoms with Crippen LogP contribution in [0.5, 0.6) is 0 Å². The van der Waals surface area contributed by atoms with Crippen LogP contribution in [0.3, 0.4) is 0 Å². The number of aromatic nitrogens is 3. The summed E-state index contributed by atoms with van der Waals surface area (Å²) in [5, 5.41) is 5.66. The SMILES string of the molecule is CNC(=O)c1ccc(NC(=O)c2cccc(-c3ccc4c(=O)n(C(C)C)c(=O)[nH]c4c3)c2)cn1. The minimum atomic E-state index is -0.464. The van der Waals surface area contributed by atoms with Crippen molar-refractivity contribution in [2.45, 2.75) is 19.9 Å². The molecule has 2 heterocycles. The lowest BCUT2D eigenvalue weighted by molar-refractivity contribution is 0.0957. The Kier molecular flexibility index (Phi) is 6.09. The Morgan fingerprint density at radius 1 is 0.971 bits per heavy atom. The summed E-state index contributed by atoms with van der Waals surface area (Å²) in [5.74, 6) is -0.657. The average Bonchev–Trinajstić information content (AvgIpc) is 2.83. The van der Waals surface area contributed by atoms with E-state index in [-0.39, 0.29) is 29.1 Å². The fraction of sp³-hybridized carbons (Fsp3) is 0.160. The third kappa shape index (κ3) is 4.36. The standard InChI is InChI=1S/C25H23N5O4/c1-14(2)30-24(33)19-9-7-16(12-21(19)29-25(30)34)15-5-4-6-17(11-15)22(31)28-18-8-10-20(27-13-18)23(32)26-3/h4-14H,1-3H3,(H,26,32)(H,28,31)(H,29,34). The van der Waals surface area contributed by atoms with Gasteiger partial charge in [0.05, 0.1) is 22.8 Å². The summed E-state index contributed by atoms with van der Waals surface area (Å²) in [7, 11) is 1.52. The number of pyridine rings is 1. The molecule has 0 atom stereocenters. The number of amides is 2. The van der Waals surface area contributed by atoms with Crippen LogP contribution >= 0.6 is 0 Å². The molecule has 9 heteroatoms. The molecule has 0 spiro atoms. The second kappa shape index (κ2) is 9.14. The zero-order valence-electron chi connectivity index (χ0n) is 18.9. The molecule has 0 aliphatic carbocycles. The number of benzene rings is 2. The Bertz CT molecular complexity index is 1520. The van der Waals surface area contributed by atoms with Crippen LogP contribution in [-0.4, -0.2) is 33.4 Å². The van der Waals surface area contributed by atoms with Crippen molar-refractivity contribution < 1.29 is 9.59 Å². The van der Waals surface area contributed by atoms with Crippen LogP contribution in [0.25, 0.3) is 22.0 Å². The molecule has 4 rings (SSSR count). The summed E-state index contributed by atoms with van der Waals surface area (Å²) < 4.78 is 1.18. The summed E-state index contributed by atoms with van der Waals surface area (Å²) >= 11 is 0. The van der Waals surface area contributed by atoms with Gasteiger partial charge >= 0.3 is 5.69 Å². The molecular formula is C25H23N5O4. The fourth-order valence-electron chi connectivity index (χ4n) is 3.65. The smallest absolute Gasteiger partial charge is 0.329 e. The highest BCUT2D eigenvalue weighted by Gasteiger charge is 2.13. The molecule has 2 aromatic heterocycles. The van der Waals surface area contributed by atoms with Crippen molar-refractivity contribution in [3.8, 4) is 11.1 Å².